The average Bonchev–Trinajstić information content (AvgIpc) is 2.19. The maximum atomic E-state index is 13.2. The van der Waals surface area contributed by atoms with Crippen molar-refractivity contribution in [1.82, 2.24) is 5.43 Å². The van der Waals surface area contributed by atoms with Crippen LogP contribution in [0.2, 0.25) is 0 Å². The Morgan fingerprint density at radius 1 is 1.53 bits per heavy atom. The number of rotatable bonds is 2. The standard InChI is InChI=1S/C10H13BrFN3/c1-6(2)14-10(15-13)7-4-3-5-8(12)9(7)11/h3-6H,13H2,1-2H3,(H,14,15). The molecule has 1 aromatic carbocycles. The third-order valence-electron chi connectivity index (χ3n) is 1.73. The highest BCUT2D eigenvalue weighted by Crippen LogP contribution is 2.20. The summed E-state index contributed by atoms with van der Waals surface area (Å²) in [5.41, 5.74) is 3.09. The van der Waals surface area contributed by atoms with Crippen molar-refractivity contribution in [1.29, 1.82) is 0 Å². The van der Waals surface area contributed by atoms with Crippen molar-refractivity contribution >= 4 is 21.8 Å². The van der Waals surface area contributed by atoms with Gasteiger partial charge < -0.3 is 5.43 Å². The molecule has 0 unspecified atom stereocenters. The van der Waals surface area contributed by atoms with Gasteiger partial charge in [-0.15, -0.1) is 0 Å². The minimum absolute atomic E-state index is 0.0891. The molecule has 0 aliphatic heterocycles. The van der Waals surface area contributed by atoms with Crippen molar-refractivity contribution in [3.05, 3.63) is 34.1 Å². The molecular formula is C10H13BrFN3. The van der Waals surface area contributed by atoms with Crippen molar-refractivity contribution in [3.8, 4) is 0 Å². The van der Waals surface area contributed by atoms with E-state index in [0.29, 0.717) is 15.9 Å². The molecule has 0 bridgehead atoms. The summed E-state index contributed by atoms with van der Waals surface area (Å²) in [6, 6.07) is 4.82. The quantitative estimate of drug-likeness (QED) is 0.376. The zero-order valence-corrected chi connectivity index (χ0v) is 10.2. The number of benzene rings is 1. The fourth-order valence-electron chi connectivity index (χ4n) is 1.13. The summed E-state index contributed by atoms with van der Waals surface area (Å²) in [5, 5.41) is 0. The molecule has 0 fully saturated rings. The molecule has 0 aromatic heterocycles. The Bertz CT molecular complexity index is 377. The topological polar surface area (TPSA) is 50.4 Å². The van der Waals surface area contributed by atoms with E-state index in [0.717, 1.165) is 0 Å². The highest BCUT2D eigenvalue weighted by Gasteiger charge is 2.10. The van der Waals surface area contributed by atoms with Gasteiger partial charge in [-0.05, 0) is 41.9 Å². The maximum Gasteiger partial charge on any atom is 0.144 e. The van der Waals surface area contributed by atoms with Crippen LogP contribution in [-0.2, 0) is 0 Å². The summed E-state index contributed by atoms with van der Waals surface area (Å²) < 4.78 is 13.6. The molecule has 0 aliphatic carbocycles. The number of amidine groups is 1. The Morgan fingerprint density at radius 2 is 2.20 bits per heavy atom. The molecule has 0 heterocycles. The van der Waals surface area contributed by atoms with Crippen LogP contribution in [0.5, 0.6) is 0 Å². The van der Waals surface area contributed by atoms with Crippen LogP contribution in [0.25, 0.3) is 0 Å². The molecule has 1 rings (SSSR count). The maximum absolute atomic E-state index is 13.2. The average molecular weight is 274 g/mol. The summed E-state index contributed by atoms with van der Waals surface area (Å²) in [6.45, 7) is 3.84. The lowest BCUT2D eigenvalue weighted by Crippen LogP contribution is -2.32. The van der Waals surface area contributed by atoms with E-state index < -0.39 is 0 Å². The summed E-state index contributed by atoms with van der Waals surface area (Å²) in [7, 11) is 0. The van der Waals surface area contributed by atoms with Crippen LogP contribution in [0, 0.1) is 5.82 Å². The molecule has 0 radical (unpaired) electrons. The third-order valence-corrected chi connectivity index (χ3v) is 2.54. The van der Waals surface area contributed by atoms with Gasteiger partial charge >= 0.3 is 0 Å². The summed E-state index contributed by atoms with van der Waals surface area (Å²) in [6.07, 6.45) is 0. The first-order valence-electron chi connectivity index (χ1n) is 4.55. The van der Waals surface area contributed by atoms with E-state index in [1.54, 1.807) is 12.1 Å². The number of aliphatic imine (C=N–C) groups is 1. The van der Waals surface area contributed by atoms with E-state index in [1.807, 2.05) is 13.8 Å². The van der Waals surface area contributed by atoms with Gasteiger partial charge in [0.05, 0.1) is 4.47 Å². The van der Waals surface area contributed by atoms with Crippen LogP contribution in [0.15, 0.2) is 27.7 Å². The molecular weight excluding hydrogens is 261 g/mol. The SMILES string of the molecule is CC(C)N=C(NN)c1cccc(F)c1Br. The van der Waals surface area contributed by atoms with Crippen LogP contribution in [0.1, 0.15) is 19.4 Å². The molecule has 3 N–H and O–H groups in total. The van der Waals surface area contributed by atoms with E-state index in [4.69, 9.17) is 5.84 Å². The second kappa shape index (κ2) is 5.23. The second-order valence-electron chi connectivity index (χ2n) is 3.32. The Morgan fingerprint density at radius 3 is 2.73 bits per heavy atom. The Balaban J connectivity index is 3.19. The molecule has 0 saturated carbocycles. The fourth-order valence-corrected chi connectivity index (χ4v) is 1.58. The van der Waals surface area contributed by atoms with Gasteiger partial charge in [0, 0.05) is 11.6 Å². The summed E-state index contributed by atoms with van der Waals surface area (Å²) >= 11 is 3.16. The number of nitrogens with two attached hydrogens (primary N) is 1. The fraction of sp³-hybridized carbons (Fsp3) is 0.300. The van der Waals surface area contributed by atoms with Crippen molar-refractivity contribution < 1.29 is 4.39 Å². The number of hydrogen-bond acceptors (Lipinski definition) is 2. The number of halogens is 2. The number of hydrazine groups is 1. The van der Waals surface area contributed by atoms with E-state index >= 15 is 0 Å². The van der Waals surface area contributed by atoms with Crippen LogP contribution >= 0.6 is 15.9 Å². The van der Waals surface area contributed by atoms with Crippen molar-refractivity contribution in [2.75, 3.05) is 0 Å². The van der Waals surface area contributed by atoms with Crippen molar-refractivity contribution in [2.24, 2.45) is 10.8 Å². The highest BCUT2D eigenvalue weighted by atomic mass is 79.9. The summed E-state index contributed by atoms with van der Waals surface area (Å²) in [5.74, 6) is 5.48. The lowest BCUT2D eigenvalue weighted by molar-refractivity contribution is 0.620. The van der Waals surface area contributed by atoms with E-state index in [-0.39, 0.29) is 11.9 Å². The first-order valence-corrected chi connectivity index (χ1v) is 5.34. The van der Waals surface area contributed by atoms with E-state index in [2.05, 4.69) is 26.3 Å². The summed E-state index contributed by atoms with van der Waals surface area (Å²) in [4.78, 5) is 4.25. The van der Waals surface area contributed by atoms with Gasteiger partial charge in [0.25, 0.3) is 0 Å². The van der Waals surface area contributed by atoms with Gasteiger partial charge in [0.1, 0.15) is 11.7 Å². The minimum atomic E-state index is -0.334. The van der Waals surface area contributed by atoms with Crippen LogP contribution in [0.4, 0.5) is 4.39 Å². The molecule has 3 nitrogen and oxygen atoms in total. The van der Waals surface area contributed by atoms with E-state index in [1.165, 1.54) is 6.07 Å². The van der Waals surface area contributed by atoms with Gasteiger partial charge in [0.2, 0.25) is 0 Å². The van der Waals surface area contributed by atoms with E-state index in [9.17, 15) is 4.39 Å². The lowest BCUT2D eigenvalue weighted by Gasteiger charge is -2.09. The Labute approximate surface area is 96.7 Å². The van der Waals surface area contributed by atoms with Gasteiger partial charge in [-0.25, -0.2) is 10.2 Å². The Hall–Kier alpha value is -0.940. The molecule has 15 heavy (non-hydrogen) atoms. The monoisotopic (exact) mass is 273 g/mol. The third kappa shape index (κ3) is 3.00. The van der Waals surface area contributed by atoms with Gasteiger partial charge in [-0.1, -0.05) is 6.07 Å². The largest absolute Gasteiger partial charge is 0.308 e. The second-order valence-corrected chi connectivity index (χ2v) is 4.11. The minimum Gasteiger partial charge on any atom is -0.308 e. The molecule has 0 atom stereocenters. The normalized spacial score (nSPS) is 12.0. The van der Waals surface area contributed by atoms with Gasteiger partial charge in [-0.3, -0.25) is 4.99 Å². The van der Waals surface area contributed by atoms with Crippen LogP contribution in [0.3, 0.4) is 0 Å². The lowest BCUT2D eigenvalue weighted by atomic mass is 10.2. The molecule has 5 heteroatoms. The number of nitrogens with zero attached hydrogens (tertiary/aromatic N) is 1. The zero-order chi connectivity index (χ0) is 11.4. The molecule has 0 aliphatic rings. The molecule has 1 aromatic rings. The van der Waals surface area contributed by atoms with Crippen LogP contribution < -0.4 is 11.3 Å². The first-order chi connectivity index (χ1) is 7.06. The predicted molar refractivity (Wildman–Crippen MR) is 63.1 cm³/mol. The van der Waals surface area contributed by atoms with Crippen molar-refractivity contribution in [3.63, 3.8) is 0 Å². The Kier molecular flexibility index (Phi) is 4.23. The zero-order valence-electron chi connectivity index (χ0n) is 8.59. The highest BCUT2D eigenvalue weighted by molar-refractivity contribution is 9.10. The predicted octanol–water partition coefficient (Wildman–Crippen LogP) is 2.21. The van der Waals surface area contributed by atoms with Gasteiger partial charge in [0.15, 0.2) is 0 Å². The molecule has 0 saturated heterocycles. The first kappa shape index (κ1) is 12.1. The molecule has 0 amide bonds. The van der Waals surface area contributed by atoms with Gasteiger partial charge in [-0.2, -0.15) is 0 Å². The number of hydrogen-bond donors (Lipinski definition) is 2. The molecule has 0 spiro atoms. The van der Waals surface area contributed by atoms with Crippen molar-refractivity contribution in [2.45, 2.75) is 19.9 Å². The number of nitrogens with one attached hydrogen (secondary N) is 1. The smallest absolute Gasteiger partial charge is 0.144 e. The molecule has 82 valence electrons. The van der Waals surface area contributed by atoms with Crippen LogP contribution in [-0.4, -0.2) is 11.9 Å².